The van der Waals surface area contributed by atoms with Crippen LogP contribution in [0.1, 0.15) is 77.5 Å². The molecule has 2 heteroatoms. The van der Waals surface area contributed by atoms with Gasteiger partial charge in [-0.15, -0.1) is 0 Å². The average Bonchev–Trinajstić information content (AvgIpc) is 2.66. The number of nitrogens with zero attached hydrogens (tertiary/aromatic N) is 2. The fourth-order valence-corrected chi connectivity index (χ4v) is 3.21. The van der Waals surface area contributed by atoms with E-state index in [1.165, 1.54) is 50.5 Å². The van der Waals surface area contributed by atoms with Crippen molar-refractivity contribution in [3.8, 4) is 11.3 Å². The molecule has 142 valence electrons. The number of unbranched alkanes of at least 4 members (excludes halogenated alkanes) is 1. The predicted molar refractivity (Wildman–Crippen MR) is 112 cm³/mol. The van der Waals surface area contributed by atoms with Gasteiger partial charge < -0.3 is 0 Å². The molecule has 2 nitrogen and oxygen atoms in total. The molecular formula is C24H36N2. The number of rotatable bonds is 11. The topological polar surface area (TPSA) is 25.8 Å². The summed E-state index contributed by atoms with van der Waals surface area (Å²) in [5, 5.41) is 8.86. The maximum Gasteiger partial charge on any atom is 0.0929 e. The summed E-state index contributed by atoms with van der Waals surface area (Å²) in [6, 6.07) is 13.1. The van der Waals surface area contributed by atoms with E-state index in [4.69, 9.17) is 0 Å². The number of aryl methyl sites for hydroxylation is 2. The number of hydrogen-bond donors (Lipinski definition) is 0. The fourth-order valence-electron chi connectivity index (χ4n) is 3.21. The molecule has 0 fully saturated rings. The highest BCUT2D eigenvalue weighted by Gasteiger charge is 2.04. The zero-order chi connectivity index (χ0) is 18.8. The first kappa shape index (κ1) is 20.6. The van der Waals surface area contributed by atoms with E-state index >= 15 is 0 Å². The first-order valence-electron chi connectivity index (χ1n) is 10.5. The standard InChI is InChI=1S/C24H36N2/c1-5-20(4)10-8-11-21-13-15-22(16-14-21)24-18-17-23(25-26-24)12-7-6-9-19(2)3/h13-20H,5-12H2,1-4H3. The summed E-state index contributed by atoms with van der Waals surface area (Å²) in [6.45, 7) is 9.18. The Morgan fingerprint density at radius 3 is 2.15 bits per heavy atom. The van der Waals surface area contributed by atoms with Gasteiger partial charge in [0.1, 0.15) is 0 Å². The zero-order valence-corrected chi connectivity index (χ0v) is 17.2. The summed E-state index contributed by atoms with van der Waals surface area (Å²) in [5.41, 5.74) is 4.67. The van der Waals surface area contributed by atoms with Gasteiger partial charge in [0.25, 0.3) is 0 Å². The molecule has 0 aliphatic carbocycles. The van der Waals surface area contributed by atoms with Crippen LogP contribution in [-0.2, 0) is 12.8 Å². The van der Waals surface area contributed by atoms with Crippen LogP contribution < -0.4 is 0 Å². The largest absolute Gasteiger partial charge is 0.155 e. The van der Waals surface area contributed by atoms with Crippen molar-refractivity contribution in [1.29, 1.82) is 0 Å². The Balaban J connectivity index is 1.82. The minimum atomic E-state index is 0.793. The maximum atomic E-state index is 4.44. The lowest BCUT2D eigenvalue weighted by molar-refractivity contribution is 0.496. The van der Waals surface area contributed by atoms with E-state index in [0.717, 1.165) is 35.2 Å². The minimum absolute atomic E-state index is 0.793. The van der Waals surface area contributed by atoms with Crippen LogP contribution in [-0.4, -0.2) is 10.2 Å². The normalized spacial score (nSPS) is 12.5. The Bertz CT molecular complexity index is 614. The van der Waals surface area contributed by atoms with Gasteiger partial charge in [-0.05, 0) is 55.2 Å². The van der Waals surface area contributed by atoms with Gasteiger partial charge in [0.05, 0.1) is 11.4 Å². The highest BCUT2D eigenvalue weighted by molar-refractivity contribution is 5.58. The van der Waals surface area contributed by atoms with Crippen molar-refractivity contribution in [2.45, 2.75) is 79.1 Å². The summed E-state index contributed by atoms with van der Waals surface area (Å²) >= 11 is 0. The molecule has 1 heterocycles. The molecule has 0 amide bonds. The van der Waals surface area contributed by atoms with Crippen LogP contribution in [0.25, 0.3) is 11.3 Å². The Hall–Kier alpha value is -1.70. The maximum absolute atomic E-state index is 4.44. The Kier molecular flexibility index (Phi) is 8.80. The fraction of sp³-hybridized carbons (Fsp3) is 0.583. The quantitative estimate of drug-likeness (QED) is 0.412. The minimum Gasteiger partial charge on any atom is -0.155 e. The van der Waals surface area contributed by atoms with Crippen molar-refractivity contribution >= 4 is 0 Å². The van der Waals surface area contributed by atoms with Crippen LogP contribution in [0.2, 0.25) is 0 Å². The van der Waals surface area contributed by atoms with E-state index in [2.05, 4.69) is 74.3 Å². The average molecular weight is 353 g/mol. The molecular weight excluding hydrogens is 316 g/mol. The van der Waals surface area contributed by atoms with Gasteiger partial charge in [0.2, 0.25) is 0 Å². The van der Waals surface area contributed by atoms with Crippen molar-refractivity contribution < 1.29 is 0 Å². The molecule has 1 aromatic carbocycles. The van der Waals surface area contributed by atoms with E-state index in [9.17, 15) is 0 Å². The molecule has 1 unspecified atom stereocenters. The lowest BCUT2D eigenvalue weighted by Gasteiger charge is -2.08. The molecule has 2 aromatic rings. The number of aromatic nitrogens is 2. The molecule has 1 atom stereocenters. The van der Waals surface area contributed by atoms with Crippen LogP contribution in [0.4, 0.5) is 0 Å². The summed E-state index contributed by atoms with van der Waals surface area (Å²) in [5.74, 6) is 1.63. The Morgan fingerprint density at radius 2 is 1.54 bits per heavy atom. The van der Waals surface area contributed by atoms with E-state index in [1.807, 2.05) is 0 Å². The van der Waals surface area contributed by atoms with E-state index in [1.54, 1.807) is 0 Å². The zero-order valence-electron chi connectivity index (χ0n) is 17.2. The first-order chi connectivity index (χ1) is 12.6. The molecule has 0 radical (unpaired) electrons. The second kappa shape index (κ2) is 11.1. The van der Waals surface area contributed by atoms with Crippen molar-refractivity contribution in [1.82, 2.24) is 10.2 Å². The van der Waals surface area contributed by atoms with Crippen LogP contribution in [0, 0.1) is 11.8 Å². The molecule has 0 spiro atoms. The second-order valence-corrected chi connectivity index (χ2v) is 8.15. The molecule has 0 saturated carbocycles. The Labute approximate surface area is 160 Å². The van der Waals surface area contributed by atoms with Gasteiger partial charge in [0, 0.05) is 5.56 Å². The first-order valence-corrected chi connectivity index (χ1v) is 10.5. The highest BCUT2D eigenvalue weighted by Crippen LogP contribution is 2.19. The lowest BCUT2D eigenvalue weighted by atomic mass is 9.98. The van der Waals surface area contributed by atoms with Crippen LogP contribution in [0.5, 0.6) is 0 Å². The number of hydrogen-bond acceptors (Lipinski definition) is 2. The molecule has 1 aromatic heterocycles. The third-order valence-corrected chi connectivity index (χ3v) is 5.29. The molecule has 2 rings (SSSR count). The highest BCUT2D eigenvalue weighted by atomic mass is 15.1. The van der Waals surface area contributed by atoms with Crippen LogP contribution in [0.3, 0.4) is 0 Å². The predicted octanol–water partition coefficient (Wildman–Crippen LogP) is 6.88. The third-order valence-electron chi connectivity index (χ3n) is 5.29. The van der Waals surface area contributed by atoms with Gasteiger partial charge in [-0.1, -0.05) is 77.6 Å². The summed E-state index contributed by atoms with van der Waals surface area (Å²) in [7, 11) is 0. The molecule has 26 heavy (non-hydrogen) atoms. The van der Waals surface area contributed by atoms with Gasteiger partial charge >= 0.3 is 0 Å². The van der Waals surface area contributed by atoms with E-state index < -0.39 is 0 Å². The second-order valence-electron chi connectivity index (χ2n) is 8.15. The third kappa shape index (κ3) is 7.27. The summed E-state index contributed by atoms with van der Waals surface area (Å²) in [6.07, 6.45) is 9.88. The molecule has 0 bridgehead atoms. The monoisotopic (exact) mass is 352 g/mol. The van der Waals surface area contributed by atoms with Crippen LogP contribution in [0.15, 0.2) is 36.4 Å². The molecule has 0 aliphatic rings. The molecule has 0 N–H and O–H groups in total. The molecule has 0 aliphatic heterocycles. The van der Waals surface area contributed by atoms with Crippen molar-refractivity contribution in [3.05, 3.63) is 47.7 Å². The van der Waals surface area contributed by atoms with Crippen molar-refractivity contribution in [2.24, 2.45) is 11.8 Å². The summed E-state index contributed by atoms with van der Waals surface area (Å²) < 4.78 is 0. The smallest absolute Gasteiger partial charge is 0.0929 e. The SMILES string of the molecule is CCC(C)CCCc1ccc(-c2ccc(CCCCC(C)C)nn2)cc1. The van der Waals surface area contributed by atoms with Crippen molar-refractivity contribution in [2.75, 3.05) is 0 Å². The Morgan fingerprint density at radius 1 is 0.769 bits per heavy atom. The van der Waals surface area contributed by atoms with E-state index in [0.29, 0.717) is 0 Å². The van der Waals surface area contributed by atoms with Crippen LogP contribution >= 0.6 is 0 Å². The molecule has 0 saturated heterocycles. The van der Waals surface area contributed by atoms with Gasteiger partial charge in [-0.3, -0.25) is 0 Å². The number of benzene rings is 1. The lowest BCUT2D eigenvalue weighted by Crippen LogP contribution is -1.96. The van der Waals surface area contributed by atoms with Gasteiger partial charge in [0.15, 0.2) is 0 Å². The van der Waals surface area contributed by atoms with Crippen molar-refractivity contribution in [3.63, 3.8) is 0 Å². The van der Waals surface area contributed by atoms with E-state index in [-0.39, 0.29) is 0 Å². The van der Waals surface area contributed by atoms with Gasteiger partial charge in [-0.25, -0.2) is 0 Å². The van der Waals surface area contributed by atoms with Gasteiger partial charge in [-0.2, -0.15) is 10.2 Å². The summed E-state index contributed by atoms with van der Waals surface area (Å²) in [4.78, 5) is 0.